The zero-order chi connectivity index (χ0) is 18.7. The van der Waals surface area contributed by atoms with Crippen molar-refractivity contribution in [3.8, 4) is 11.4 Å². The number of carbonyl (C=O) groups is 1. The molecule has 0 spiro atoms. The lowest BCUT2D eigenvalue weighted by Gasteiger charge is -2.07. The quantitative estimate of drug-likeness (QED) is 0.491. The van der Waals surface area contributed by atoms with Crippen LogP contribution in [0.25, 0.3) is 11.4 Å². The largest absolute Gasteiger partial charge is 0.335 e. The second-order valence-electron chi connectivity index (χ2n) is 5.12. The third-order valence-electron chi connectivity index (χ3n) is 3.32. The molecular formula is C16H12Cl2FN5OS. The molecule has 0 unspecified atom stereocenters. The molecule has 134 valence electrons. The van der Waals surface area contributed by atoms with Crippen molar-refractivity contribution in [1.82, 2.24) is 14.9 Å². The van der Waals surface area contributed by atoms with E-state index in [-0.39, 0.29) is 11.4 Å². The molecule has 1 aromatic heterocycles. The molecule has 0 bridgehead atoms. The van der Waals surface area contributed by atoms with Crippen molar-refractivity contribution in [2.24, 2.45) is 0 Å². The van der Waals surface area contributed by atoms with Crippen LogP contribution in [0.3, 0.4) is 0 Å². The Morgan fingerprint density at radius 2 is 2.00 bits per heavy atom. The number of amides is 1. The highest BCUT2D eigenvalue weighted by atomic mass is 35.5. The van der Waals surface area contributed by atoms with Crippen LogP contribution in [-0.2, 0) is 4.79 Å². The maximum absolute atomic E-state index is 13.5. The third-order valence-corrected chi connectivity index (χ3v) is 4.81. The molecule has 1 amide bonds. The smallest absolute Gasteiger partial charge is 0.234 e. The average molecular weight is 412 g/mol. The van der Waals surface area contributed by atoms with Crippen LogP contribution in [0.4, 0.5) is 10.1 Å². The van der Waals surface area contributed by atoms with E-state index in [0.29, 0.717) is 26.6 Å². The minimum atomic E-state index is -0.507. The predicted molar refractivity (Wildman–Crippen MR) is 101 cm³/mol. The van der Waals surface area contributed by atoms with Gasteiger partial charge in [0.25, 0.3) is 0 Å². The summed E-state index contributed by atoms with van der Waals surface area (Å²) in [4.78, 5) is 12.0. The van der Waals surface area contributed by atoms with Gasteiger partial charge in [-0.2, -0.15) is 0 Å². The lowest BCUT2D eigenvalue weighted by molar-refractivity contribution is -0.113. The van der Waals surface area contributed by atoms with Crippen molar-refractivity contribution in [3.63, 3.8) is 0 Å². The summed E-state index contributed by atoms with van der Waals surface area (Å²) in [6.07, 6.45) is 0. The van der Waals surface area contributed by atoms with Gasteiger partial charge in [-0.05, 0) is 30.3 Å². The Morgan fingerprint density at radius 1 is 1.23 bits per heavy atom. The zero-order valence-electron chi connectivity index (χ0n) is 13.1. The normalized spacial score (nSPS) is 10.7. The fourth-order valence-electron chi connectivity index (χ4n) is 2.11. The third kappa shape index (κ3) is 4.09. The molecule has 0 radical (unpaired) electrons. The van der Waals surface area contributed by atoms with E-state index in [0.717, 1.165) is 11.8 Å². The van der Waals surface area contributed by atoms with Gasteiger partial charge in [0, 0.05) is 10.6 Å². The molecule has 3 aromatic rings. The molecule has 0 atom stereocenters. The van der Waals surface area contributed by atoms with Crippen LogP contribution in [0.5, 0.6) is 0 Å². The number of carbonyl (C=O) groups excluding carboxylic acids is 1. The molecule has 2 aromatic carbocycles. The molecule has 3 N–H and O–H groups in total. The molecule has 26 heavy (non-hydrogen) atoms. The Morgan fingerprint density at radius 3 is 2.73 bits per heavy atom. The average Bonchev–Trinajstić information content (AvgIpc) is 2.96. The fraction of sp³-hybridized carbons (Fsp3) is 0.0625. The summed E-state index contributed by atoms with van der Waals surface area (Å²) in [6, 6.07) is 10.8. The molecule has 3 rings (SSSR count). The lowest BCUT2D eigenvalue weighted by atomic mass is 10.2. The Labute approximate surface area is 162 Å². The number of para-hydroxylation sites is 1. The van der Waals surface area contributed by atoms with Crippen molar-refractivity contribution in [2.75, 3.05) is 16.9 Å². The first-order valence-electron chi connectivity index (χ1n) is 7.29. The van der Waals surface area contributed by atoms with Gasteiger partial charge in [-0.15, -0.1) is 10.2 Å². The Balaban J connectivity index is 1.69. The van der Waals surface area contributed by atoms with Crippen LogP contribution in [0.2, 0.25) is 10.0 Å². The number of hydrogen-bond donors (Lipinski definition) is 2. The van der Waals surface area contributed by atoms with E-state index >= 15 is 0 Å². The number of anilines is 1. The number of nitrogens with two attached hydrogens (primary N) is 1. The standard InChI is InChI=1S/C16H12Cl2FN5OS/c17-9-5-6-10(11(18)7-9)15-22-23-16(24(15)20)26-8-14(25)21-13-4-2-1-3-12(13)19/h1-7H,8,20H2,(H,21,25). The highest BCUT2D eigenvalue weighted by Crippen LogP contribution is 2.30. The van der Waals surface area contributed by atoms with E-state index in [9.17, 15) is 9.18 Å². The molecule has 0 aliphatic carbocycles. The summed E-state index contributed by atoms with van der Waals surface area (Å²) < 4.78 is 14.8. The number of hydrogen-bond acceptors (Lipinski definition) is 5. The maximum Gasteiger partial charge on any atom is 0.234 e. The zero-order valence-corrected chi connectivity index (χ0v) is 15.4. The second-order valence-corrected chi connectivity index (χ2v) is 6.90. The molecule has 0 saturated heterocycles. The van der Waals surface area contributed by atoms with Crippen LogP contribution in [0.15, 0.2) is 47.6 Å². The Bertz CT molecular complexity index is 966. The molecule has 0 aliphatic rings. The van der Waals surface area contributed by atoms with Gasteiger partial charge >= 0.3 is 0 Å². The maximum atomic E-state index is 13.5. The number of nitrogens with one attached hydrogen (secondary N) is 1. The van der Waals surface area contributed by atoms with Gasteiger partial charge in [0.1, 0.15) is 5.82 Å². The van der Waals surface area contributed by atoms with Gasteiger partial charge in [0.2, 0.25) is 11.1 Å². The van der Waals surface area contributed by atoms with Gasteiger partial charge in [-0.25, -0.2) is 9.07 Å². The highest BCUT2D eigenvalue weighted by molar-refractivity contribution is 7.99. The van der Waals surface area contributed by atoms with Crippen molar-refractivity contribution in [3.05, 3.63) is 58.3 Å². The number of aromatic nitrogens is 3. The van der Waals surface area contributed by atoms with Crippen LogP contribution < -0.4 is 11.2 Å². The van der Waals surface area contributed by atoms with E-state index < -0.39 is 11.7 Å². The molecule has 0 aliphatic heterocycles. The van der Waals surface area contributed by atoms with Gasteiger partial charge in [-0.3, -0.25) is 4.79 Å². The van der Waals surface area contributed by atoms with Crippen LogP contribution >= 0.6 is 35.0 Å². The molecule has 6 nitrogen and oxygen atoms in total. The number of nitrogens with zero attached hydrogens (tertiary/aromatic N) is 3. The van der Waals surface area contributed by atoms with Crippen molar-refractivity contribution >= 4 is 46.6 Å². The lowest BCUT2D eigenvalue weighted by Crippen LogP contribution is -2.17. The monoisotopic (exact) mass is 411 g/mol. The van der Waals surface area contributed by atoms with Crippen LogP contribution in [-0.4, -0.2) is 26.5 Å². The van der Waals surface area contributed by atoms with E-state index in [4.69, 9.17) is 29.0 Å². The number of rotatable bonds is 5. The molecular weight excluding hydrogens is 400 g/mol. The van der Waals surface area contributed by atoms with E-state index in [2.05, 4.69) is 15.5 Å². The summed E-state index contributed by atoms with van der Waals surface area (Å²) in [5.41, 5.74) is 0.676. The molecule has 0 fully saturated rings. The van der Waals surface area contributed by atoms with E-state index in [1.54, 1.807) is 30.3 Å². The molecule has 1 heterocycles. The minimum absolute atomic E-state index is 0.0159. The van der Waals surface area contributed by atoms with Crippen molar-refractivity contribution in [1.29, 1.82) is 0 Å². The summed E-state index contributed by atoms with van der Waals surface area (Å²) >= 11 is 13.1. The van der Waals surface area contributed by atoms with Gasteiger partial charge in [0.05, 0.1) is 16.5 Å². The van der Waals surface area contributed by atoms with Crippen molar-refractivity contribution in [2.45, 2.75) is 5.16 Å². The Kier molecular flexibility index (Phi) is 5.65. The highest BCUT2D eigenvalue weighted by Gasteiger charge is 2.16. The van der Waals surface area contributed by atoms with Gasteiger partial charge < -0.3 is 11.2 Å². The number of nitrogen functional groups attached to an aromatic ring is 1. The first kappa shape index (κ1) is 18.5. The topological polar surface area (TPSA) is 85.8 Å². The predicted octanol–water partition coefficient (Wildman–Crippen LogP) is 3.84. The fourth-order valence-corrected chi connectivity index (χ4v) is 3.26. The minimum Gasteiger partial charge on any atom is -0.335 e. The SMILES string of the molecule is Nn1c(SCC(=O)Nc2ccccc2F)nnc1-c1ccc(Cl)cc1Cl. The summed E-state index contributed by atoms with van der Waals surface area (Å²) in [7, 11) is 0. The van der Waals surface area contributed by atoms with Crippen molar-refractivity contribution < 1.29 is 9.18 Å². The van der Waals surface area contributed by atoms with Crippen LogP contribution in [0.1, 0.15) is 0 Å². The number of thioether (sulfide) groups is 1. The second kappa shape index (κ2) is 7.94. The van der Waals surface area contributed by atoms with Gasteiger partial charge in [-0.1, -0.05) is 47.1 Å². The molecule has 0 saturated carbocycles. The Hall–Kier alpha value is -2.29. The van der Waals surface area contributed by atoms with Crippen LogP contribution in [0, 0.1) is 5.82 Å². The summed E-state index contributed by atoms with van der Waals surface area (Å²) in [5.74, 6) is 5.41. The van der Waals surface area contributed by atoms with Gasteiger partial charge in [0.15, 0.2) is 5.82 Å². The summed E-state index contributed by atoms with van der Waals surface area (Å²) in [5, 5.41) is 11.6. The first-order valence-corrected chi connectivity index (χ1v) is 9.03. The number of halogens is 3. The molecule has 10 heteroatoms. The number of benzene rings is 2. The first-order chi connectivity index (χ1) is 12.5. The summed E-state index contributed by atoms with van der Waals surface area (Å²) in [6.45, 7) is 0. The van der Waals surface area contributed by atoms with E-state index in [1.807, 2.05) is 0 Å². The van der Waals surface area contributed by atoms with E-state index in [1.165, 1.54) is 16.8 Å².